The first-order chi connectivity index (χ1) is 5.41. The van der Waals surface area contributed by atoms with Crippen LogP contribution in [0.2, 0.25) is 5.15 Å². The van der Waals surface area contributed by atoms with Crippen molar-refractivity contribution < 1.29 is 0 Å². The largest absolute Gasteiger partial charge is 0.153 e. The van der Waals surface area contributed by atoms with Crippen LogP contribution in [-0.4, -0.2) is 10.2 Å². The molecule has 0 aliphatic carbocycles. The predicted molar refractivity (Wildman–Crippen MR) is 50.5 cm³/mol. The smallest absolute Gasteiger partial charge is 0.151 e. The summed E-state index contributed by atoms with van der Waals surface area (Å²) in [6.45, 7) is 8.33. The average molecular weight is 185 g/mol. The van der Waals surface area contributed by atoms with Gasteiger partial charge in [-0.3, -0.25) is 0 Å². The second-order valence-electron chi connectivity index (χ2n) is 3.95. The van der Waals surface area contributed by atoms with Crippen LogP contribution in [0.3, 0.4) is 0 Å². The van der Waals surface area contributed by atoms with Gasteiger partial charge in [0.05, 0.1) is 5.69 Å². The highest BCUT2D eigenvalue weighted by Gasteiger charge is 2.18. The van der Waals surface area contributed by atoms with Crippen molar-refractivity contribution in [1.82, 2.24) is 10.2 Å². The average Bonchev–Trinajstić information content (AvgIpc) is 1.83. The van der Waals surface area contributed by atoms with Crippen LogP contribution < -0.4 is 0 Å². The van der Waals surface area contributed by atoms with Crippen molar-refractivity contribution in [2.75, 3.05) is 0 Å². The molecule has 12 heavy (non-hydrogen) atoms. The Balaban J connectivity index is 3.19. The number of halogens is 1. The minimum atomic E-state index is 0.0433. The number of nitrogens with zero attached hydrogens (tertiary/aromatic N) is 2. The van der Waals surface area contributed by atoms with Gasteiger partial charge >= 0.3 is 0 Å². The maximum absolute atomic E-state index is 5.69. The van der Waals surface area contributed by atoms with E-state index in [4.69, 9.17) is 11.6 Å². The molecule has 66 valence electrons. The molecule has 0 aliphatic rings. The molecule has 0 radical (unpaired) electrons. The summed E-state index contributed by atoms with van der Waals surface area (Å²) in [6.07, 6.45) is 0. The molecular weight excluding hydrogens is 172 g/mol. The summed E-state index contributed by atoms with van der Waals surface area (Å²) in [5.41, 5.74) is 2.15. The molecule has 0 spiro atoms. The first kappa shape index (κ1) is 9.46. The van der Waals surface area contributed by atoms with Crippen LogP contribution in [0.5, 0.6) is 0 Å². The van der Waals surface area contributed by atoms with Gasteiger partial charge in [-0.25, -0.2) is 0 Å². The van der Waals surface area contributed by atoms with Crippen molar-refractivity contribution in [2.45, 2.75) is 33.1 Å². The molecule has 1 aromatic heterocycles. The maximum Gasteiger partial charge on any atom is 0.151 e. The number of aryl methyl sites for hydroxylation is 1. The van der Waals surface area contributed by atoms with Gasteiger partial charge in [0, 0.05) is 5.41 Å². The minimum Gasteiger partial charge on any atom is -0.153 e. The molecule has 0 unspecified atom stereocenters. The topological polar surface area (TPSA) is 25.8 Å². The first-order valence-corrected chi connectivity index (χ1v) is 4.29. The van der Waals surface area contributed by atoms with Gasteiger partial charge in [0.15, 0.2) is 5.15 Å². The minimum absolute atomic E-state index is 0.0433. The molecule has 0 fully saturated rings. The van der Waals surface area contributed by atoms with E-state index >= 15 is 0 Å². The molecule has 0 N–H and O–H groups in total. The SMILES string of the molecule is Cc1cc(Cl)nnc1C(C)(C)C. The van der Waals surface area contributed by atoms with Crippen molar-refractivity contribution in [3.8, 4) is 0 Å². The van der Waals surface area contributed by atoms with Crippen LogP contribution in [0.25, 0.3) is 0 Å². The Morgan fingerprint density at radius 1 is 1.25 bits per heavy atom. The molecule has 0 atom stereocenters. The molecule has 1 heterocycles. The molecule has 2 nitrogen and oxygen atoms in total. The third kappa shape index (κ3) is 1.95. The highest BCUT2D eigenvalue weighted by molar-refractivity contribution is 6.29. The van der Waals surface area contributed by atoms with Crippen molar-refractivity contribution in [2.24, 2.45) is 0 Å². The fourth-order valence-corrected chi connectivity index (χ4v) is 1.40. The van der Waals surface area contributed by atoms with Gasteiger partial charge < -0.3 is 0 Å². The lowest BCUT2D eigenvalue weighted by Gasteiger charge is -2.18. The Bertz CT molecular complexity index is 289. The summed E-state index contributed by atoms with van der Waals surface area (Å²) in [7, 11) is 0. The molecule has 1 aromatic rings. The Labute approximate surface area is 78.0 Å². The number of rotatable bonds is 0. The Kier molecular flexibility index (Phi) is 2.38. The highest BCUT2D eigenvalue weighted by Crippen LogP contribution is 2.23. The third-order valence-electron chi connectivity index (χ3n) is 1.67. The van der Waals surface area contributed by atoms with Gasteiger partial charge in [-0.15, -0.1) is 5.10 Å². The summed E-state index contributed by atoms with van der Waals surface area (Å²) in [5, 5.41) is 8.35. The lowest BCUT2D eigenvalue weighted by Crippen LogP contribution is -2.16. The maximum atomic E-state index is 5.69. The first-order valence-electron chi connectivity index (χ1n) is 3.91. The van der Waals surface area contributed by atoms with Crippen LogP contribution in [0.15, 0.2) is 6.07 Å². The summed E-state index contributed by atoms with van der Waals surface area (Å²) < 4.78 is 0. The Morgan fingerprint density at radius 2 is 1.83 bits per heavy atom. The standard InChI is InChI=1S/C9H13ClN2/c1-6-5-7(10)11-12-8(6)9(2,3)4/h5H,1-4H3. The van der Waals surface area contributed by atoms with Crippen LogP contribution in [-0.2, 0) is 5.41 Å². The number of aromatic nitrogens is 2. The van der Waals surface area contributed by atoms with Gasteiger partial charge in [-0.1, -0.05) is 32.4 Å². The molecule has 0 aliphatic heterocycles. The summed E-state index contributed by atoms with van der Waals surface area (Å²) >= 11 is 5.69. The van der Waals surface area contributed by atoms with Crippen molar-refractivity contribution in [3.63, 3.8) is 0 Å². The van der Waals surface area contributed by atoms with Gasteiger partial charge in [0.25, 0.3) is 0 Å². The lowest BCUT2D eigenvalue weighted by atomic mass is 9.89. The van der Waals surface area contributed by atoms with E-state index in [-0.39, 0.29) is 5.41 Å². The molecule has 0 saturated heterocycles. The Morgan fingerprint density at radius 3 is 2.25 bits per heavy atom. The summed E-state index contributed by atoms with van der Waals surface area (Å²) in [6, 6.07) is 1.84. The second-order valence-corrected chi connectivity index (χ2v) is 4.34. The molecule has 0 amide bonds. The molecular formula is C9H13ClN2. The molecule has 0 saturated carbocycles. The van der Waals surface area contributed by atoms with E-state index in [1.54, 1.807) is 0 Å². The summed E-state index contributed by atoms with van der Waals surface area (Å²) in [4.78, 5) is 0. The highest BCUT2D eigenvalue weighted by atomic mass is 35.5. The molecule has 0 bridgehead atoms. The van der Waals surface area contributed by atoms with E-state index < -0.39 is 0 Å². The fourth-order valence-electron chi connectivity index (χ4n) is 1.19. The van der Waals surface area contributed by atoms with Crippen LogP contribution in [0.4, 0.5) is 0 Å². The van der Waals surface area contributed by atoms with Crippen molar-refractivity contribution in [1.29, 1.82) is 0 Å². The zero-order valence-electron chi connectivity index (χ0n) is 7.85. The van der Waals surface area contributed by atoms with E-state index in [1.165, 1.54) is 0 Å². The second kappa shape index (κ2) is 3.02. The van der Waals surface area contributed by atoms with Crippen LogP contribution in [0, 0.1) is 6.92 Å². The molecule has 0 aromatic carbocycles. The van der Waals surface area contributed by atoms with Crippen molar-refractivity contribution >= 4 is 11.6 Å². The third-order valence-corrected chi connectivity index (χ3v) is 1.85. The van der Waals surface area contributed by atoms with E-state index in [0.29, 0.717) is 5.15 Å². The summed E-state index contributed by atoms with van der Waals surface area (Å²) in [5.74, 6) is 0. The quantitative estimate of drug-likeness (QED) is 0.620. The predicted octanol–water partition coefficient (Wildman–Crippen LogP) is 2.74. The van der Waals surface area contributed by atoms with Crippen molar-refractivity contribution in [3.05, 3.63) is 22.5 Å². The fraction of sp³-hybridized carbons (Fsp3) is 0.556. The Hall–Kier alpha value is -0.630. The van der Waals surface area contributed by atoms with Gasteiger partial charge in [0.2, 0.25) is 0 Å². The van der Waals surface area contributed by atoms with Gasteiger partial charge in [-0.05, 0) is 18.6 Å². The normalized spacial score (nSPS) is 11.8. The van der Waals surface area contributed by atoms with Gasteiger partial charge in [0.1, 0.15) is 0 Å². The zero-order valence-corrected chi connectivity index (χ0v) is 8.61. The van der Waals surface area contributed by atoms with E-state index in [2.05, 4.69) is 31.0 Å². The van der Waals surface area contributed by atoms with E-state index in [0.717, 1.165) is 11.3 Å². The molecule has 3 heteroatoms. The van der Waals surface area contributed by atoms with Crippen LogP contribution >= 0.6 is 11.6 Å². The monoisotopic (exact) mass is 184 g/mol. The van der Waals surface area contributed by atoms with E-state index in [9.17, 15) is 0 Å². The number of hydrogen-bond donors (Lipinski definition) is 0. The zero-order chi connectivity index (χ0) is 9.35. The van der Waals surface area contributed by atoms with Gasteiger partial charge in [-0.2, -0.15) is 5.10 Å². The lowest BCUT2D eigenvalue weighted by molar-refractivity contribution is 0.553. The van der Waals surface area contributed by atoms with Crippen LogP contribution in [0.1, 0.15) is 32.0 Å². The van der Waals surface area contributed by atoms with E-state index in [1.807, 2.05) is 13.0 Å². The molecule has 1 rings (SSSR count). The number of hydrogen-bond acceptors (Lipinski definition) is 2.